The van der Waals surface area contributed by atoms with Gasteiger partial charge in [0.05, 0.1) is 6.04 Å². The molecular weight excluding hydrogens is 220 g/mol. The number of hydrogen-bond acceptors (Lipinski definition) is 3. The molecule has 2 saturated heterocycles. The molecule has 0 saturated carbocycles. The largest absolute Gasteiger partial charge is 0.447 e. The Morgan fingerprint density at radius 1 is 1.18 bits per heavy atom. The molecule has 1 N–H and O–H groups in total. The van der Waals surface area contributed by atoms with E-state index in [1.165, 1.54) is 4.90 Å². The number of nitrogens with zero attached hydrogens (tertiary/aromatic N) is 1. The number of nitrogens with one attached hydrogen (secondary N) is 1. The number of amides is 2. The van der Waals surface area contributed by atoms with Crippen LogP contribution in [0, 0.1) is 0 Å². The monoisotopic (exact) mass is 232 g/mol. The van der Waals surface area contributed by atoms with Gasteiger partial charge in [0.2, 0.25) is 5.91 Å². The SMILES string of the molecule is O=C1NC[C@H]1N1C(=O)OC[C@H]1c1ccccc1. The number of carbonyl (C=O) groups excluding carboxylic acids is 2. The third kappa shape index (κ3) is 1.54. The third-order valence-electron chi connectivity index (χ3n) is 3.20. The van der Waals surface area contributed by atoms with Crippen molar-refractivity contribution in [3.05, 3.63) is 35.9 Å². The summed E-state index contributed by atoms with van der Waals surface area (Å²) < 4.78 is 5.04. The molecular formula is C12H12N2O3. The van der Waals surface area contributed by atoms with Gasteiger partial charge in [0, 0.05) is 6.54 Å². The Kier molecular flexibility index (Phi) is 2.24. The summed E-state index contributed by atoms with van der Waals surface area (Å²) in [5.74, 6) is -0.107. The molecule has 17 heavy (non-hydrogen) atoms. The summed E-state index contributed by atoms with van der Waals surface area (Å²) in [5.41, 5.74) is 0.998. The first-order chi connectivity index (χ1) is 8.27. The lowest BCUT2D eigenvalue weighted by atomic mass is 10.0. The fourth-order valence-electron chi connectivity index (χ4n) is 2.21. The zero-order valence-electron chi connectivity index (χ0n) is 9.13. The maximum absolute atomic E-state index is 11.7. The van der Waals surface area contributed by atoms with E-state index in [1.807, 2.05) is 30.3 Å². The van der Waals surface area contributed by atoms with Crippen molar-refractivity contribution in [2.24, 2.45) is 0 Å². The fourth-order valence-corrected chi connectivity index (χ4v) is 2.21. The van der Waals surface area contributed by atoms with Crippen LogP contribution in [0.25, 0.3) is 0 Å². The van der Waals surface area contributed by atoms with Gasteiger partial charge in [0.1, 0.15) is 12.6 Å². The van der Waals surface area contributed by atoms with Crippen molar-refractivity contribution in [3.8, 4) is 0 Å². The van der Waals surface area contributed by atoms with E-state index in [4.69, 9.17) is 4.74 Å². The molecule has 3 rings (SSSR count). The lowest BCUT2D eigenvalue weighted by Gasteiger charge is -2.35. The zero-order valence-corrected chi connectivity index (χ0v) is 9.13. The highest BCUT2D eigenvalue weighted by molar-refractivity contribution is 5.91. The summed E-state index contributed by atoms with van der Waals surface area (Å²) in [6.45, 7) is 0.823. The Balaban J connectivity index is 1.89. The van der Waals surface area contributed by atoms with E-state index in [-0.39, 0.29) is 18.0 Å². The Bertz CT molecular complexity index is 460. The zero-order chi connectivity index (χ0) is 11.8. The second-order valence-corrected chi connectivity index (χ2v) is 4.17. The summed E-state index contributed by atoms with van der Waals surface area (Å²) in [6, 6.07) is 9.09. The maximum Gasteiger partial charge on any atom is 0.411 e. The summed E-state index contributed by atoms with van der Waals surface area (Å²) in [5, 5.41) is 2.64. The molecule has 2 aliphatic rings. The van der Waals surface area contributed by atoms with Crippen molar-refractivity contribution in [2.75, 3.05) is 13.2 Å². The van der Waals surface area contributed by atoms with Gasteiger partial charge in [0.15, 0.2) is 0 Å². The topological polar surface area (TPSA) is 58.6 Å². The van der Waals surface area contributed by atoms with Crippen LogP contribution in [-0.2, 0) is 9.53 Å². The highest BCUT2D eigenvalue weighted by Gasteiger charge is 2.45. The average molecular weight is 232 g/mol. The Labute approximate surface area is 98.4 Å². The Morgan fingerprint density at radius 2 is 1.94 bits per heavy atom. The predicted molar refractivity (Wildman–Crippen MR) is 59.2 cm³/mol. The maximum atomic E-state index is 11.7. The van der Waals surface area contributed by atoms with Crippen LogP contribution in [-0.4, -0.2) is 36.1 Å². The van der Waals surface area contributed by atoms with Gasteiger partial charge in [-0.3, -0.25) is 9.69 Å². The van der Waals surface area contributed by atoms with Gasteiger partial charge in [-0.2, -0.15) is 0 Å². The highest BCUT2D eigenvalue weighted by atomic mass is 16.6. The Hall–Kier alpha value is -2.04. The molecule has 2 amide bonds. The predicted octanol–water partition coefficient (Wildman–Crippen LogP) is 0.678. The molecule has 0 aliphatic carbocycles. The van der Waals surface area contributed by atoms with Crippen LogP contribution < -0.4 is 5.32 Å². The van der Waals surface area contributed by atoms with Crippen LogP contribution in [0.5, 0.6) is 0 Å². The van der Waals surface area contributed by atoms with Crippen molar-refractivity contribution >= 4 is 12.0 Å². The van der Waals surface area contributed by atoms with E-state index in [0.717, 1.165) is 5.56 Å². The number of benzene rings is 1. The van der Waals surface area contributed by atoms with Crippen LogP contribution in [0.4, 0.5) is 4.79 Å². The van der Waals surface area contributed by atoms with Crippen molar-refractivity contribution in [3.63, 3.8) is 0 Å². The van der Waals surface area contributed by atoms with Crippen LogP contribution in [0.3, 0.4) is 0 Å². The van der Waals surface area contributed by atoms with E-state index in [9.17, 15) is 9.59 Å². The van der Waals surface area contributed by atoms with Crippen molar-refractivity contribution in [2.45, 2.75) is 12.1 Å². The second kappa shape index (κ2) is 3.76. The van der Waals surface area contributed by atoms with E-state index in [2.05, 4.69) is 5.32 Å². The molecule has 0 aromatic heterocycles. The molecule has 2 fully saturated rings. The quantitative estimate of drug-likeness (QED) is 0.763. The molecule has 1 aromatic carbocycles. The molecule has 2 aliphatic heterocycles. The van der Waals surface area contributed by atoms with Crippen LogP contribution in [0.2, 0.25) is 0 Å². The second-order valence-electron chi connectivity index (χ2n) is 4.17. The van der Waals surface area contributed by atoms with Gasteiger partial charge in [-0.15, -0.1) is 0 Å². The van der Waals surface area contributed by atoms with Gasteiger partial charge in [-0.25, -0.2) is 4.79 Å². The number of cyclic esters (lactones) is 1. The minimum absolute atomic E-state index is 0.107. The smallest absolute Gasteiger partial charge is 0.411 e. The number of hydrogen-bond donors (Lipinski definition) is 1. The van der Waals surface area contributed by atoms with Gasteiger partial charge >= 0.3 is 6.09 Å². The first-order valence-corrected chi connectivity index (χ1v) is 5.55. The molecule has 1 aromatic rings. The molecule has 2 heterocycles. The first-order valence-electron chi connectivity index (χ1n) is 5.55. The third-order valence-corrected chi connectivity index (χ3v) is 3.20. The van der Waals surface area contributed by atoms with Gasteiger partial charge in [-0.1, -0.05) is 30.3 Å². The molecule has 0 radical (unpaired) electrons. The van der Waals surface area contributed by atoms with E-state index in [1.54, 1.807) is 0 Å². The summed E-state index contributed by atoms with van der Waals surface area (Å²) in [7, 11) is 0. The molecule has 2 atom stereocenters. The highest BCUT2D eigenvalue weighted by Crippen LogP contribution is 2.30. The number of β-lactam (4-membered cyclic amide) rings is 1. The molecule has 88 valence electrons. The summed E-state index contributed by atoms with van der Waals surface area (Å²) in [6.07, 6.45) is -0.404. The summed E-state index contributed by atoms with van der Waals surface area (Å²) in [4.78, 5) is 24.6. The van der Waals surface area contributed by atoms with Crippen LogP contribution in [0.1, 0.15) is 11.6 Å². The van der Waals surface area contributed by atoms with Crippen molar-refractivity contribution in [1.82, 2.24) is 10.2 Å². The van der Waals surface area contributed by atoms with E-state index >= 15 is 0 Å². The molecule has 0 bridgehead atoms. The minimum Gasteiger partial charge on any atom is -0.447 e. The van der Waals surface area contributed by atoms with Gasteiger partial charge in [0.25, 0.3) is 0 Å². The lowest BCUT2D eigenvalue weighted by Crippen LogP contribution is -2.62. The standard InChI is InChI=1S/C12H12N2O3/c15-11-9(6-13-11)14-10(7-17-12(14)16)8-4-2-1-3-5-8/h1-5,9-10H,6-7H2,(H,13,15)/t9-,10+/m1/s1. The molecule has 5 nitrogen and oxygen atoms in total. The normalized spacial score (nSPS) is 27.4. The van der Waals surface area contributed by atoms with Crippen molar-refractivity contribution < 1.29 is 14.3 Å². The minimum atomic E-state index is -0.404. The van der Waals surface area contributed by atoms with Gasteiger partial charge < -0.3 is 10.1 Å². The molecule has 5 heteroatoms. The van der Waals surface area contributed by atoms with E-state index < -0.39 is 6.09 Å². The van der Waals surface area contributed by atoms with E-state index in [0.29, 0.717) is 13.2 Å². The number of carbonyl (C=O) groups is 2. The first kappa shape index (κ1) is 10.1. The molecule has 0 unspecified atom stereocenters. The number of rotatable bonds is 2. The summed E-state index contributed by atoms with van der Waals surface area (Å²) >= 11 is 0. The van der Waals surface area contributed by atoms with Gasteiger partial charge in [-0.05, 0) is 5.56 Å². The molecule has 0 spiro atoms. The number of ether oxygens (including phenoxy) is 1. The average Bonchev–Trinajstić information content (AvgIpc) is 2.71. The van der Waals surface area contributed by atoms with Crippen LogP contribution in [0.15, 0.2) is 30.3 Å². The fraction of sp³-hybridized carbons (Fsp3) is 0.333. The Morgan fingerprint density at radius 3 is 2.53 bits per heavy atom. The van der Waals surface area contributed by atoms with Crippen LogP contribution >= 0.6 is 0 Å². The lowest BCUT2D eigenvalue weighted by molar-refractivity contribution is -0.132. The van der Waals surface area contributed by atoms with Crippen molar-refractivity contribution in [1.29, 1.82) is 0 Å².